The lowest BCUT2D eigenvalue weighted by Crippen LogP contribution is -2.00. The van der Waals surface area contributed by atoms with Crippen molar-refractivity contribution in [3.63, 3.8) is 0 Å². The van der Waals surface area contributed by atoms with Crippen LogP contribution in [0.25, 0.3) is 67.2 Å². The number of rotatable bonds is 4. The third-order valence-corrected chi connectivity index (χ3v) is 8.00. The van der Waals surface area contributed by atoms with Gasteiger partial charge in [-0.25, -0.2) is 15.0 Å². The summed E-state index contributed by atoms with van der Waals surface area (Å²) in [7, 11) is 0. The molecule has 0 amide bonds. The van der Waals surface area contributed by atoms with Gasteiger partial charge in [-0.3, -0.25) is 0 Å². The summed E-state index contributed by atoms with van der Waals surface area (Å²) in [5.74, 6) is 4.62. The van der Waals surface area contributed by atoms with E-state index >= 15 is 0 Å². The molecule has 9 rings (SSSR count). The Bertz CT molecular complexity index is 2330. The number of hydrogen-bond donors (Lipinski definition) is 0. The van der Waals surface area contributed by atoms with Crippen molar-refractivity contribution in [1.29, 1.82) is 0 Å². The van der Waals surface area contributed by atoms with Crippen LogP contribution in [-0.4, -0.2) is 15.0 Å². The van der Waals surface area contributed by atoms with Gasteiger partial charge in [-0.2, -0.15) is 0 Å². The highest BCUT2D eigenvalue weighted by molar-refractivity contribution is 6.06. The van der Waals surface area contributed by atoms with Crippen molar-refractivity contribution in [2.24, 2.45) is 0 Å². The zero-order valence-corrected chi connectivity index (χ0v) is 23.8. The van der Waals surface area contributed by atoms with Crippen molar-refractivity contribution in [2.75, 3.05) is 0 Å². The smallest absolute Gasteiger partial charge is 0.170 e. The molecule has 0 saturated carbocycles. The second-order valence-corrected chi connectivity index (χ2v) is 10.9. The number of benzene rings is 6. The van der Waals surface area contributed by atoms with E-state index in [4.69, 9.17) is 28.8 Å². The average molecular weight is 582 g/mol. The molecule has 3 heterocycles. The maximum Gasteiger partial charge on any atom is 0.170 e. The molecule has 2 aromatic heterocycles. The molecule has 45 heavy (non-hydrogen) atoms. The van der Waals surface area contributed by atoms with Crippen LogP contribution in [0.3, 0.4) is 0 Å². The summed E-state index contributed by atoms with van der Waals surface area (Å²) >= 11 is 0. The highest BCUT2D eigenvalue weighted by atomic mass is 16.6. The van der Waals surface area contributed by atoms with Crippen LogP contribution in [0.1, 0.15) is 0 Å². The number of hydrogen-bond acceptors (Lipinski definition) is 6. The first-order valence-corrected chi connectivity index (χ1v) is 14.7. The van der Waals surface area contributed by atoms with Crippen molar-refractivity contribution < 1.29 is 13.9 Å². The Labute approximate surface area is 258 Å². The molecule has 6 aromatic carbocycles. The zero-order valence-electron chi connectivity index (χ0n) is 23.8. The number of furan rings is 1. The van der Waals surface area contributed by atoms with Gasteiger partial charge >= 0.3 is 0 Å². The van der Waals surface area contributed by atoms with Gasteiger partial charge in [0.05, 0.1) is 0 Å². The van der Waals surface area contributed by atoms with E-state index in [2.05, 4.69) is 24.3 Å². The highest BCUT2D eigenvalue weighted by Gasteiger charge is 2.20. The number of para-hydroxylation sites is 2. The number of fused-ring (bicyclic) bond motifs is 5. The van der Waals surface area contributed by atoms with Crippen molar-refractivity contribution >= 4 is 21.9 Å². The molecule has 0 N–H and O–H groups in total. The van der Waals surface area contributed by atoms with E-state index in [0.717, 1.165) is 49.8 Å². The van der Waals surface area contributed by atoms with Gasteiger partial charge in [-0.1, -0.05) is 91.0 Å². The van der Waals surface area contributed by atoms with Gasteiger partial charge < -0.3 is 13.9 Å². The molecule has 0 fully saturated rings. The van der Waals surface area contributed by atoms with Crippen LogP contribution in [0.2, 0.25) is 0 Å². The van der Waals surface area contributed by atoms with Crippen LogP contribution < -0.4 is 9.47 Å². The lowest BCUT2D eigenvalue weighted by atomic mass is 10.0. The number of nitrogens with zero attached hydrogens (tertiary/aromatic N) is 3. The minimum absolute atomic E-state index is 0.587. The Hall–Kier alpha value is -6.27. The molecule has 6 heteroatoms. The molecule has 0 unspecified atom stereocenters. The number of ether oxygens (including phenoxy) is 2. The Morgan fingerprint density at radius 3 is 1.40 bits per heavy atom. The molecule has 8 aromatic rings. The molecular formula is C39H23N3O3. The molecule has 0 saturated heterocycles. The van der Waals surface area contributed by atoms with Crippen LogP contribution >= 0.6 is 0 Å². The van der Waals surface area contributed by atoms with Crippen LogP contribution in [0.15, 0.2) is 144 Å². The minimum Gasteiger partial charge on any atom is -0.456 e. The summed E-state index contributed by atoms with van der Waals surface area (Å²) < 4.78 is 18.6. The maximum atomic E-state index is 6.44. The average Bonchev–Trinajstić information content (AvgIpc) is 3.48. The summed E-state index contributed by atoms with van der Waals surface area (Å²) in [4.78, 5) is 14.6. The Kier molecular flexibility index (Phi) is 5.71. The fraction of sp³-hybridized carbons (Fsp3) is 0. The molecule has 212 valence electrons. The summed E-state index contributed by atoms with van der Waals surface area (Å²) in [6, 6.07) is 46.0. The van der Waals surface area contributed by atoms with Gasteiger partial charge in [0.15, 0.2) is 40.5 Å². The van der Waals surface area contributed by atoms with Crippen molar-refractivity contribution in [3.05, 3.63) is 140 Å². The predicted molar refractivity (Wildman–Crippen MR) is 175 cm³/mol. The first-order valence-electron chi connectivity index (χ1n) is 14.7. The minimum atomic E-state index is 0.587. The Morgan fingerprint density at radius 2 is 0.778 bits per heavy atom. The monoisotopic (exact) mass is 581 g/mol. The molecular weight excluding hydrogens is 558 g/mol. The highest BCUT2D eigenvalue weighted by Crippen LogP contribution is 2.46. The normalized spacial score (nSPS) is 11.9. The van der Waals surface area contributed by atoms with Crippen LogP contribution in [-0.2, 0) is 0 Å². The van der Waals surface area contributed by atoms with Gasteiger partial charge in [0.1, 0.15) is 11.2 Å². The molecule has 0 atom stereocenters. The Morgan fingerprint density at radius 1 is 0.333 bits per heavy atom. The summed E-state index contributed by atoms with van der Waals surface area (Å²) in [6.07, 6.45) is 0. The molecule has 1 aliphatic rings. The maximum absolute atomic E-state index is 6.44. The molecule has 6 nitrogen and oxygen atoms in total. The van der Waals surface area contributed by atoms with E-state index < -0.39 is 0 Å². The SMILES string of the molecule is c1ccc(-c2nc(-c3ccccc3)nc(-c3ccc4c(c3)oc3cc(-c5ccc6c(c5)Oc5ccccc5O6)ccc34)n2)cc1. The zero-order chi connectivity index (χ0) is 29.7. The van der Waals surface area contributed by atoms with Gasteiger partial charge in [-0.15, -0.1) is 0 Å². The van der Waals surface area contributed by atoms with Crippen molar-refractivity contribution in [1.82, 2.24) is 15.0 Å². The third-order valence-electron chi connectivity index (χ3n) is 8.00. The Balaban J connectivity index is 1.11. The summed E-state index contributed by atoms with van der Waals surface area (Å²) in [5.41, 5.74) is 6.30. The summed E-state index contributed by atoms with van der Waals surface area (Å²) in [5, 5.41) is 2.07. The van der Waals surface area contributed by atoms with E-state index in [9.17, 15) is 0 Å². The molecule has 0 aliphatic carbocycles. The van der Waals surface area contributed by atoms with Gasteiger partial charge in [0.2, 0.25) is 0 Å². The van der Waals surface area contributed by atoms with Gasteiger partial charge in [0, 0.05) is 27.5 Å². The standard InChI is InChI=1S/C39H23N3O3/c1-3-9-24(10-4-1)37-40-38(25-11-5-2-6-12-25)42-39(41-37)28-16-19-30-29-18-15-26(21-34(29)45-35(30)23-28)27-17-20-33-36(22-27)44-32-14-8-7-13-31(32)43-33/h1-23H. The second-order valence-electron chi connectivity index (χ2n) is 10.9. The third kappa shape index (κ3) is 4.48. The fourth-order valence-electron chi connectivity index (χ4n) is 5.74. The van der Waals surface area contributed by atoms with Crippen LogP contribution in [0.4, 0.5) is 0 Å². The van der Waals surface area contributed by atoms with E-state index in [0.29, 0.717) is 40.5 Å². The molecule has 0 bridgehead atoms. The second kappa shape index (κ2) is 10.2. The molecule has 0 radical (unpaired) electrons. The topological polar surface area (TPSA) is 70.3 Å². The molecule has 0 spiro atoms. The van der Waals surface area contributed by atoms with E-state index in [1.165, 1.54) is 0 Å². The van der Waals surface area contributed by atoms with E-state index in [1.54, 1.807) is 0 Å². The van der Waals surface area contributed by atoms with Crippen molar-refractivity contribution in [2.45, 2.75) is 0 Å². The largest absolute Gasteiger partial charge is 0.456 e. The molecule has 1 aliphatic heterocycles. The quantitative estimate of drug-likeness (QED) is 0.206. The van der Waals surface area contributed by atoms with E-state index in [1.807, 2.05) is 115 Å². The van der Waals surface area contributed by atoms with Crippen molar-refractivity contribution in [3.8, 4) is 68.3 Å². The first kappa shape index (κ1) is 25.2. The van der Waals surface area contributed by atoms with Crippen LogP contribution in [0, 0.1) is 0 Å². The first-order chi connectivity index (χ1) is 22.2. The number of aromatic nitrogens is 3. The van der Waals surface area contributed by atoms with E-state index in [-0.39, 0.29) is 0 Å². The lowest BCUT2D eigenvalue weighted by Gasteiger charge is -2.20. The lowest BCUT2D eigenvalue weighted by molar-refractivity contribution is 0.360. The van der Waals surface area contributed by atoms with Gasteiger partial charge in [0.25, 0.3) is 0 Å². The van der Waals surface area contributed by atoms with Gasteiger partial charge in [-0.05, 0) is 59.7 Å². The fourth-order valence-corrected chi connectivity index (χ4v) is 5.74. The summed E-state index contributed by atoms with van der Waals surface area (Å²) in [6.45, 7) is 0. The predicted octanol–water partition coefficient (Wildman–Crippen LogP) is 10.3. The van der Waals surface area contributed by atoms with Crippen LogP contribution in [0.5, 0.6) is 23.0 Å².